The molecule has 2 amide bonds. The van der Waals surface area contributed by atoms with Gasteiger partial charge in [-0.2, -0.15) is 10.2 Å². The van der Waals surface area contributed by atoms with Crippen molar-refractivity contribution < 1.29 is 9.59 Å². The summed E-state index contributed by atoms with van der Waals surface area (Å²) in [6, 6.07) is 21.0. The molecule has 0 bridgehead atoms. The van der Waals surface area contributed by atoms with Crippen molar-refractivity contribution in [2.75, 3.05) is 0 Å². The van der Waals surface area contributed by atoms with Gasteiger partial charge in [-0.1, -0.05) is 72.8 Å². The smallest absolute Gasteiger partial charge is 0.267 e. The predicted octanol–water partition coefficient (Wildman–Crippen LogP) is 4.56. The van der Waals surface area contributed by atoms with Crippen LogP contribution < -0.4 is 10.9 Å². The Morgan fingerprint density at radius 2 is 1.12 bits per heavy atom. The van der Waals surface area contributed by atoms with Crippen molar-refractivity contribution >= 4 is 36.4 Å². The maximum atomic E-state index is 12.6. The van der Waals surface area contributed by atoms with Crippen LogP contribution in [0.1, 0.15) is 43.2 Å². The first-order valence-electron chi connectivity index (χ1n) is 10.6. The Morgan fingerprint density at radius 3 is 1.53 bits per heavy atom. The van der Waals surface area contributed by atoms with Crippen molar-refractivity contribution in [3.8, 4) is 0 Å². The SMILES string of the molecule is Cc1nc(C)c(C(=O)N/N=C\C=C\c2ccccc2)cc1C(=O)N/N=C\C=C\c1ccccc1. The summed E-state index contributed by atoms with van der Waals surface area (Å²) in [5.74, 6) is -0.921. The van der Waals surface area contributed by atoms with Gasteiger partial charge in [0.15, 0.2) is 0 Å². The van der Waals surface area contributed by atoms with Crippen molar-refractivity contribution in [1.29, 1.82) is 0 Å². The number of aryl methyl sites for hydroxylation is 2. The molecule has 7 nitrogen and oxygen atoms in total. The zero-order valence-electron chi connectivity index (χ0n) is 19.0. The first-order chi connectivity index (χ1) is 16.5. The fraction of sp³-hybridized carbons (Fsp3) is 0.0741. The van der Waals surface area contributed by atoms with E-state index in [0.717, 1.165) is 11.1 Å². The molecule has 0 aliphatic carbocycles. The molecular weight excluding hydrogens is 426 g/mol. The molecule has 0 saturated carbocycles. The Bertz CT molecular complexity index is 1150. The number of carbonyl (C=O) groups excluding carboxylic acids is 2. The molecular formula is C27H25N5O2. The van der Waals surface area contributed by atoms with Gasteiger partial charge >= 0.3 is 0 Å². The molecule has 0 aliphatic rings. The van der Waals surface area contributed by atoms with Crippen LogP contribution in [0.2, 0.25) is 0 Å². The van der Waals surface area contributed by atoms with Crippen LogP contribution in [0, 0.1) is 13.8 Å². The first-order valence-corrected chi connectivity index (χ1v) is 10.6. The monoisotopic (exact) mass is 451 g/mol. The number of nitrogens with zero attached hydrogens (tertiary/aromatic N) is 3. The Labute approximate surface area is 198 Å². The molecule has 0 unspecified atom stereocenters. The van der Waals surface area contributed by atoms with Gasteiger partial charge in [0.2, 0.25) is 0 Å². The van der Waals surface area contributed by atoms with E-state index in [1.807, 2.05) is 72.8 Å². The summed E-state index contributed by atoms with van der Waals surface area (Å²) in [7, 11) is 0. The molecule has 0 radical (unpaired) electrons. The normalized spacial score (nSPS) is 11.6. The highest BCUT2D eigenvalue weighted by molar-refractivity contribution is 6.01. The lowest BCUT2D eigenvalue weighted by Crippen LogP contribution is -2.23. The molecule has 2 N–H and O–H groups in total. The summed E-state index contributed by atoms with van der Waals surface area (Å²) >= 11 is 0. The van der Waals surface area contributed by atoms with Crippen LogP contribution >= 0.6 is 0 Å². The molecule has 2 aromatic carbocycles. The fourth-order valence-electron chi connectivity index (χ4n) is 3.02. The van der Waals surface area contributed by atoms with Crippen LogP contribution in [0.4, 0.5) is 0 Å². The van der Waals surface area contributed by atoms with E-state index < -0.39 is 11.8 Å². The van der Waals surface area contributed by atoms with Crippen LogP contribution in [0.25, 0.3) is 12.2 Å². The summed E-state index contributed by atoms with van der Waals surface area (Å²) in [6.45, 7) is 3.41. The van der Waals surface area contributed by atoms with Gasteiger partial charge in [0.05, 0.1) is 22.5 Å². The van der Waals surface area contributed by atoms with Crippen LogP contribution in [0.3, 0.4) is 0 Å². The van der Waals surface area contributed by atoms with Gasteiger partial charge in [-0.25, -0.2) is 10.9 Å². The third-order valence-corrected chi connectivity index (χ3v) is 4.72. The van der Waals surface area contributed by atoms with E-state index in [1.54, 1.807) is 26.0 Å². The molecule has 170 valence electrons. The van der Waals surface area contributed by atoms with Gasteiger partial charge < -0.3 is 0 Å². The largest absolute Gasteiger partial charge is 0.273 e. The van der Waals surface area contributed by atoms with Gasteiger partial charge in [0.1, 0.15) is 0 Å². The average Bonchev–Trinajstić information content (AvgIpc) is 2.84. The van der Waals surface area contributed by atoms with Crippen molar-refractivity contribution in [3.63, 3.8) is 0 Å². The topological polar surface area (TPSA) is 95.8 Å². The van der Waals surface area contributed by atoms with Crippen LogP contribution in [-0.4, -0.2) is 29.2 Å². The van der Waals surface area contributed by atoms with E-state index >= 15 is 0 Å². The Hall–Kier alpha value is -4.65. The number of amides is 2. The minimum absolute atomic E-state index is 0.257. The predicted molar refractivity (Wildman–Crippen MR) is 137 cm³/mol. The van der Waals surface area contributed by atoms with Gasteiger partial charge in [0, 0.05) is 12.4 Å². The number of benzene rings is 2. The summed E-state index contributed by atoms with van der Waals surface area (Å²) < 4.78 is 0. The molecule has 1 aromatic heterocycles. The molecule has 0 spiro atoms. The van der Waals surface area contributed by atoms with Crippen LogP contribution in [-0.2, 0) is 0 Å². The highest BCUT2D eigenvalue weighted by atomic mass is 16.2. The molecule has 0 atom stereocenters. The number of rotatable bonds is 8. The summed E-state index contributed by atoms with van der Waals surface area (Å²) in [5.41, 5.74) is 8.46. The van der Waals surface area contributed by atoms with E-state index in [9.17, 15) is 9.59 Å². The third kappa shape index (κ3) is 7.20. The molecule has 34 heavy (non-hydrogen) atoms. The number of allylic oxidation sites excluding steroid dienone is 2. The van der Waals surface area contributed by atoms with Crippen molar-refractivity contribution in [1.82, 2.24) is 15.8 Å². The number of hydrazone groups is 2. The molecule has 3 rings (SSSR count). The highest BCUT2D eigenvalue weighted by Gasteiger charge is 2.17. The zero-order valence-corrected chi connectivity index (χ0v) is 19.0. The van der Waals surface area contributed by atoms with Gasteiger partial charge in [0.25, 0.3) is 11.8 Å². The molecule has 1 heterocycles. The number of pyridine rings is 1. The van der Waals surface area contributed by atoms with Gasteiger partial charge in [-0.3, -0.25) is 14.6 Å². The van der Waals surface area contributed by atoms with Crippen LogP contribution in [0.15, 0.2) is 89.1 Å². The second kappa shape index (κ2) is 12.4. The fourth-order valence-corrected chi connectivity index (χ4v) is 3.02. The number of hydrogen-bond donors (Lipinski definition) is 2. The minimum Gasteiger partial charge on any atom is -0.267 e. The van der Waals surface area contributed by atoms with Crippen molar-refractivity contribution in [3.05, 3.63) is 113 Å². The standard InChI is InChI=1S/C27H25N5O2/c1-20-24(26(33)31-28-17-9-15-22-11-5-3-6-12-22)19-25(21(2)30-20)27(34)32-29-18-10-16-23-13-7-4-8-14-23/h3-19H,1-2H3,(H,31,33)(H,32,34)/b15-9+,16-10+,28-17-,29-18-. The molecule has 3 aromatic rings. The summed E-state index contributed by atoms with van der Waals surface area (Å²) in [6.07, 6.45) is 10.1. The second-order valence-electron chi connectivity index (χ2n) is 7.23. The number of carbonyl (C=O) groups is 2. The Morgan fingerprint density at radius 1 is 0.706 bits per heavy atom. The highest BCUT2D eigenvalue weighted by Crippen LogP contribution is 2.13. The third-order valence-electron chi connectivity index (χ3n) is 4.72. The number of nitrogens with one attached hydrogen (secondary N) is 2. The van der Waals surface area contributed by atoms with E-state index in [4.69, 9.17) is 0 Å². The molecule has 0 aliphatic heterocycles. The van der Waals surface area contributed by atoms with E-state index in [2.05, 4.69) is 26.0 Å². The lowest BCUT2D eigenvalue weighted by molar-refractivity contribution is 0.0954. The van der Waals surface area contributed by atoms with Crippen molar-refractivity contribution in [2.24, 2.45) is 10.2 Å². The van der Waals surface area contributed by atoms with Crippen LogP contribution in [0.5, 0.6) is 0 Å². The molecule has 0 saturated heterocycles. The summed E-state index contributed by atoms with van der Waals surface area (Å²) in [5, 5.41) is 7.85. The number of hydrogen-bond acceptors (Lipinski definition) is 5. The van der Waals surface area contributed by atoms with E-state index in [0.29, 0.717) is 11.4 Å². The lowest BCUT2D eigenvalue weighted by Gasteiger charge is -2.09. The zero-order chi connectivity index (χ0) is 24.2. The average molecular weight is 452 g/mol. The maximum absolute atomic E-state index is 12.6. The maximum Gasteiger partial charge on any atom is 0.273 e. The molecule has 7 heteroatoms. The number of aromatic nitrogens is 1. The second-order valence-corrected chi connectivity index (χ2v) is 7.23. The van der Waals surface area contributed by atoms with Crippen molar-refractivity contribution in [2.45, 2.75) is 13.8 Å². The van der Waals surface area contributed by atoms with E-state index in [1.165, 1.54) is 18.5 Å². The minimum atomic E-state index is -0.460. The first kappa shape index (κ1) is 24.0. The Kier molecular flexibility index (Phi) is 8.76. The van der Waals surface area contributed by atoms with E-state index in [-0.39, 0.29) is 11.1 Å². The quantitative estimate of drug-likeness (QED) is 0.388. The Balaban J connectivity index is 1.60. The molecule has 0 fully saturated rings. The van der Waals surface area contributed by atoms with Gasteiger partial charge in [-0.15, -0.1) is 0 Å². The summed E-state index contributed by atoms with van der Waals surface area (Å²) in [4.78, 5) is 29.4. The lowest BCUT2D eigenvalue weighted by atomic mass is 10.1. The van der Waals surface area contributed by atoms with Gasteiger partial charge in [-0.05, 0) is 43.2 Å².